The Labute approximate surface area is 212 Å². The Morgan fingerprint density at radius 1 is 1.11 bits per heavy atom. The minimum Gasteiger partial charge on any atom is -0.481 e. The fourth-order valence-electron chi connectivity index (χ4n) is 3.87. The number of carboxylic acids is 2. The Balaban J connectivity index is 2.45. The number of methoxy groups -OCH3 is 1. The van der Waals surface area contributed by atoms with E-state index >= 15 is 0 Å². The number of carboxylic acid groups (broad SMARTS) is 2. The van der Waals surface area contributed by atoms with Crippen LogP contribution < -0.4 is 11.1 Å². The number of esters is 2. The molecule has 0 saturated heterocycles. The van der Waals surface area contributed by atoms with Gasteiger partial charge in [-0.3, -0.25) is 9.59 Å². The van der Waals surface area contributed by atoms with Gasteiger partial charge in [-0.15, -0.1) is 0 Å². The van der Waals surface area contributed by atoms with Gasteiger partial charge in [0.25, 0.3) is 0 Å². The van der Waals surface area contributed by atoms with Crippen molar-refractivity contribution in [2.75, 3.05) is 26.9 Å². The van der Waals surface area contributed by atoms with Crippen LogP contribution in [0.1, 0.15) is 31.7 Å². The number of hydrogen-bond acceptors (Lipinski definition) is 9. The summed E-state index contributed by atoms with van der Waals surface area (Å²) in [4.78, 5) is 48.4. The monoisotopic (exact) mass is 524 g/mol. The molecular weight excluding hydrogens is 496 g/mol. The fourth-order valence-corrected chi connectivity index (χ4v) is 4.12. The SMILES string of the molecule is CCOC(=O)C1=C(COCCC(C(=O)O)C(N)C(=O)O)NC(C)=C(C(=O)OC)C1c1ccccc1Cl. The summed E-state index contributed by atoms with van der Waals surface area (Å²) in [6.07, 6.45) is -0.180. The molecule has 1 aromatic carbocycles. The van der Waals surface area contributed by atoms with Crippen molar-refractivity contribution in [1.29, 1.82) is 0 Å². The van der Waals surface area contributed by atoms with E-state index in [0.29, 0.717) is 16.3 Å². The predicted octanol–water partition coefficient (Wildman–Crippen LogP) is 1.81. The van der Waals surface area contributed by atoms with Gasteiger partial charge in [-0.2, -0.15) is 0 Å². The van der Waals surface area contributed by atoms with Crippen LogP contribution >= 0.6 is 11.6 Å². The number of ether oxygens (including phenoxy) is 3. The van der Waals surface area contributed by atoms with Crippen LogP contribution in [0, 0.1) is 5.92 Å². The predicted molar refractivity (Wildman–Crippen MR) is 128 cm³/mol. The zero-order valence-electron chi connectivity index (χ0n) is 20.1. The van der Waals surface area contributed by atoms with Gasteiger partial charge in [0.05, 0.1) is 49.0 Å². The Kier molecular flexibility index (Phi) is 10.5. The maximum atomic E-state index is 13.1. The molecule has 0 aliphatic carbocycles. The third kappa shape index (κ3) is 6.62. The first-order chi connectivity index (χ1) is 17.0. The molecule has 0 fully saturated rings. The number of benzene rings is 1. The van der Waals surface area contributed by atoms with Gasteiger partial charge < -0.3 is 35.5 Å². The molecule has 2 rings (SSSR count). The smallest absolute Gasteiger partial charge is 0.336 e. The molecule has 0 amide bonds. The number of nitrogens with two attached hydrogens (primary N) is 1. The molecule has 196 valence electrons. The first kappa shape index (κ1) is 28.8. The lowest BCUT2D eigenvalue weighted by molar-refractivity contribution is -0.150. The zero-order chi connectivity index (χ0) is 27.0. The van der Waals surface area contributed by atoms with Gasteiger partial charge in [0.2, 0.25) is 0 Å². The molecule has 3 unspecified atom stereocenters. The van der Waals surface area contributed by atoms with Gasteiger partial charge in [0.1, 0.15) is 6.04 Å². The largest absolute Gasteiger partial charge is 0.481 e. The molecule has 12 heteroatoms. The molecule has 1 aliphatic rings. The Morgan fingerprint density at radius 3 is 2.33 bits per heavy atom. The van der Waals surface area contributed by atoms with E-state index in [2.05, 4.69) is 5.32 Å². The second-order valence-corrected chi connectivity index (χ2v) is 8.28. The molecule has 1 heterocycles. The standard InChI is InChI=1S/C24H29ClN2O9/c1-4-36-24(33)19-16(11-35-10-9-14(21(28)29)20(26)22(30)31)27-12(2)17(23(32)34-3)18(19)13-7-5-6-8-15(13)25/h5-8,14,18,20,27H,4,9-11,26H2,1-3H3,(H,28,29)(H,30,31). The summed E-state index contributed by atoms with van der Waals surface area (Å²) in [6, 6.07) is 5.12. The number of carbonyl (C=O) groups excluding carboxylic acids is 2. The lowest BCUT2D eigenvalue weighted by Crippen LogP contribution is -2.42. The van der Waals surface area contributed by atoms with Gasteiger partial charge in [-0.1, -0.05) is 29.8 Å². The number of carbonyl (C=O) groups is 4. The van der Waals surface area contributed by atoms with Crippen LogP contribution in [0.5, 0.6) is 0 Å². The molecule has 1 aliphatic heterocycles. The Bertz CT molecular complexity index is 1080. The van der Waals surface area contributed by atoms with E-state index in [1.807, 2.05) is 0 Å². The summed E-state index contributed by atoms with van der Waals surface area (Å²) in [5.41, 5.74) is 6.86. The molecular formula is C24H29ClN2O9. The number of rotatable bonds is 12. The van der Waals surface area contributed by atoms with Gasteiger partial charge in [0, 0.05) is 17.3 Å². The second kappa shape index (κ2) is 13.1. The maximum absolute atomic E-state index is 13.1. The topological polar surface area (TPSA) is 174 Å². The van der Waals surface area contributed by atoms with Crippen LogP contribution in [0.4, 0.5) is 0 Å². The van der Waals surface area contributed by atoms with E-state index in [-0.39, 0.29) is 43.1 Å². The summed E-state index contributed by atoms with van der Waals surface area (Å²) in [5.74, 6) is -6.49. The van der Waals surface area contributed by atoms with Crippen LogP contribution in [0.3, 0.4) is 0 Å². The highest BCUT2D eigenvalue weighted by molar-refractivity contribution is 6.31. The quantitative estimate of drug-likeness (QED) is 0.232. The molecule has 1 aromatic rings. The number of hydrogen-bond donors (Lipinski definition) is 4. The summed E-state index contributed by atoms with van der Waals surface area (Å²) in [7, 11) is 1.22. The molecule has 3 atom stereocenters. The molecule has 0 bridgehead atoms. The van der Waals surface area contributed by atoms with Gasteiger partial charge in [-0.05, 0) is 31.9 Å². The molecule has 0 radical (unpaired) electrons. The van der Waals surface area contributed by atoms with Gasteiger partial charge in [0.15, 0.2) is 0 Å². The highest BCUT2D eigenvalue weighted by Gasteiger charge is 2.39. The van der Waals surface area contributed by atoms with Crippen LogP contribution in [-0.4, -0.2) is 67.1 Å². The molecule has 5 N–H and O–H groups in total. The number of halogens is 1. The minimum atomic E-state index is -1.61. The van der Waals surface area contributed by atoms with Crippen molar-refractivity contribution in [3.05, 3.63) is 57.4 Å². The normalized spacial score (nSPS) is 17.2. The van der Waals surface area contributed by atoms with E-state index in [4.69, 9.17) is 36.7 Å². The zero-order valence-corrected chi connectivity index (χ0v) is 20.8. The van der Waals surface area contributed by atoms with Crippen LogP contribution in [0.2, 0.25) is 5.02 Å². The molecule has 11 nitrogen and oxygen atoms in total. The molecule has 0 spiro atoms. The van der Waals surface area contributed by atoms with Gasteiger partial charge in [-0.25, -0.2) is 9.59 Å². The molecule has 0 saturated carbocycles. The average molecular weight is 525 g/mol. The summed E-state index contributed by atoms with van der Waals surface area (Å²) >= 11 is 6.44. The van der Waals surface area contributed by atoms with Crippen molar-refractivity contribution < 1.29 is 43.6 Å². The van der Waals surface area contributed by atoms with Crippen molar-refractivity contribution >= 4 is 35.5 Å². The van der Waals surface area contributed by atoms with E-state index in [1.165, 1.54) is 7.11 Å². The fraction of sp³-hybridized carbons (Fsp3) is 0.417. The lowest BCUT2D eigenvalue weighted by atomic mass is 9.80. The Morgan fingerprint density at radius 2 is 1.78 bits per heavy atom. The van der Waals surface area contributed by atoms with Crippen LogP contribution in [0.15, 0.2) is 46.8 Å². The minimum absolute atomic E-state index is 0.0648. The van der Waals surface area contributed by atoms with E-state index < -0.39 is 41.8 Å². The molecule has 36 heavy (non-hydrogen) atoms. The lowest BCUT2D eigenvalue weighted by Gasteiger charge is -2.31. The van der Waals surface area contributed by atoms with Crippen molar-refractivity contribution in [2.24, 2.45) is 11.7 Å². The highest BCUT2D eigenvalue weighted by atomic mass is 35.5. The maximum Gasteiger partial charge on any atom is 0.336 e. The van der Waals surface area contributed by atoms with Crippen molar-refractivity contribution in [1.82, 2.24) is 5.32 Å². The second-order valence-electron chi connectivity index (χ2n) is 7.87. The number of dihydropyridines is 1. The number of allylic oxidation sites excluding steroid dienone is 1. The highest BCUT2D eigenvalue weighted by Crippen LogP contribution is 2.41. The summed E-state index contributed by atoms with van der Waals surface area (Å²) in [5, 5.41) is 21.6. The summed E-state index contributed by atoms with van der Waals surface area (Å²) < 4.78 is 15.8. The first-order valence-corrected chi connectivity index (χ1v) is 11.4. The van der Waals surface area contributed by atoms with Crippen molar-refractivity contribution in [3.8, 4) is 0 Å². The summed E-state index contributed by atoms with van der Waals surface area (Å²) in [6.45, 7) is 2.97. The first-order valence-electron chi connectivity index (χ1n) is 11.0. The van der Waals surface area contributed by atoms with E-state index in [1.54, 1.807) is 38.1 Å². The third-order valence-corrected chi connectivity index (χ3v) is 5.96. The van der Waals surface area contributed by atoms with E-state index in [9.17, 15) is 24.3 Å². The Hall–Kier alpha value is -3.41. The van der Waals surface area contributed by atoms with Crippen molar-refractivity contribution in [2.45, 2.75) is 32.2 Å². The van der Waals surface area contributed by atoms with Crippen LogP contribution in [0.25, 0.3) is 0 Å². The van der Waals surface area contributed by atoms with Gasteiger partial charge >= 0.3 is 23.9 Å². The number of nitrogens with one attached hydrogen (secondary N) is 1. The number of aliphatic carboxylic acids is 2. The van der Waals surface area contributed by atoms with E-state index in [0.717, 1.165) is 0 Å². The molecule has 0 aromatic heterocycles. The average Bonchev–Trinajstić information content (AvgIpc) is 2.82. The van der Waals surface area contributed by atoms with Crippen molar-refractivity contribution in [3.63, 3.8) is 0 Å². The third-order valence-electron chi connectivity index (χ3n) is 5.62. The van der Waals surface area contributed by atoms with Crippen LogP contribution in [-0.2, 0) is 33.4 Å².